The van der Waals surface area contributed by atoms with Gasteiger partial charge in [-0.2, -0.15) is 5.10 Å². The molecule has 3 rings (SSSR count). The van der Waals surface area contributed by atoms with E-state index in [1.165, 1.54) is 0 Å². The van der Waals surface area contributed by atoms with Gasteiger partial charge in [-0.1, -0.05) is 34.1 Å². The molecular weight excluding hydrogens is 348 g/mol. The van der Waals surface area contributed by atoms with E-state index >= 15 is 0 Å². The van der Waals surface area contributed by atoms with Crippen molar-refractivity contribution < 1.29 is 0 Å². The lowest BCUT2D eigenvalue weighted by molar-refractivity contribution is 0.633. The van der Waals surface area contributed by atoms with E-state index in [1.54, 1.807) is 6.20 Å². The number of nitrogens with zero attached hydrogens (tertiary/aromatic N) is 3. The molecule has 21 heavy (non-hydrogen) atoms. The minimum atomic E-state index is 0.0609. The van der Waals surface area contributed by atoms with Gasteiger partial charge in [0.2, 0.25) is 0 Å². The fraction of sp³-hybridized carbons (Fsp3) is 0.133. The van der Waals surface area contributed by atoms with Crippen LogP contribution >= 0.6 is 28.1 Å². The number of halogens is 1. The molecule has 0 aliphatic rings. The van der Waals surface area contributed by atoms with Gasteiger partial charge in [0.25, 0.3) is 0 Å². The van der Waals surface area contributed by atoms with Gasteiger partial charge in [-0.25, -0.2) is 0 Å². The Kier molecular flexibility index (Phi) is 3.98. The summed E-state index contributed by atoms with van der Waals surface area (Å²) < 4.78 is 3.61. The largest absolute Gasteiger partial charge is 0.292 e. The summed E-state index contributed by atoms with van der Waals surface area (Å²) in [5, 5.41) is 7.19. The summed E-state index contributed by atoms with van der Waals surface area (Å²) in [4.78, 5) is 4.36. The van der Waals surface area contributed by atoms with E-state index < -0.39 is 0 Å². The van der Waals surface area contributed by atoms with Crippen molar-refractivity contribution in [3.8, 4) is 11.5 Å². The van der Waals surface area contributed by atoms with Gasteiger partial charge in [0, 0.05) is 10.7 Å². The summed E-state index contributed by atoms with van der Waals surface area (Å²) in [5.41, 5.74) is 1.95. The maximum absolute atomic E-state index is 5.39. The molecule has 2 heterocycles. The summed E-state index contributed by atoms with van der Waals surface area (Å²) in [7, 11) is 0. The summed E-state index contributed by atoms with van der Waals surface area (Å²) in [6.07, 6.45) is 1.75. The van der Waals surface area contributed by atoms with Crippen molar-refractivity contribution in [1.29, 1.82) is 0 Å². The van der Waals surface area contributed by atoms with Crippen LogP contribution in [0.1, 0.15) is 18.5 Å². The van der Waals surface area contributed by atoms with Crippen LogP contribution in [-0.4, -0.2) is 19.7 Å². The number of benzene rings is 1. The first-order valence-electron chi connectivity index (χ1n) is 6.50. The lowest BCUT2D eigenvalue weighted by atomic mass is 10.1. The number of hydrogen-bond acceptors (Lipinski definition) is 3. The lowest BCUT2D eigenvalue weighted by Crippen LogP contribution is -2.09. The molecule has 0 spiro atoms. The Morgan fingerprint density at radius 2 is 2.10 bits per heavy atom. The molecule has 0 saturated heterocycles. The van der Waals surface area contributed by atoms with E-state index in [1.807, 2.05) is 34.9 Å². The first-order valence-corrected chi connectivity index (χ1v) is 7.70. The van der Waals surface area contributed by atoms with Gasteiger partial charge in [-0.05, 0) is 49.0 Å². The Morgan fingerprint density at radius 3 is 2.81 bits per heavy atom. The average Bonchev–Trinajstić information content (AvgIpc) is 2.89. The lowest BCUT2D eigenvalue weighted by Gasteiger charge is -2.16. The van der Waals surface area contributed by atoms with E-state index in [9.17, 15) is 0 Å². The number of aromatic amines is 1. The van der Waals surface area contributed by atoms with Crippen LogP contribution in [0.15, 0.2) is 53.1 Å². The van der Waals surface area contributed by atoms with Gasteiger partial charge >= 0.3 is 0 Å². The number of hydrogen-bond donors (Lipinski definition) is 1. The predicted molar refractivity (Wildman–Crippen MR) is 88.6 cm³/mol. The molecule has 1 unspecified atom stereocenters. The van der Waals surface area contributed by atoms with Crippen molar-refractivity contribution in [2.75, 3.05) is 0 Å². The van der Waals surface area contributed by atoms with Gasteiger partial charge in [0.15, 0.2) is 10.6 Å². The highest BCUT2D eigenvalue weighted by Gasteiger charge is 2.16. The standard InChI is InChI=1S/C15H13BrN4S/c1-10(11-5-4-6-12(16)9-11)20-14(18-19-15(20)21)13-7-2-3-8-17-13/h2-10H,1H3,(H,19,21). The van der Waals surface area contributed by atoms with E-state index in [0.29, 0.717) is 4.77 Å². The highest BCUT2D eigenvalue weighted by molar-refractivity contribution is 9.10. The molecule has 106 valence electrons. The van der Waals surface area contributed by atoms with Gasteiger partial charge in [0.05, 0.1) is 6.04 Å². The molecule has 1 N–H and O–H groups in total. The van der Waals surface area contributed by atoms with Crippen LogP contribution in [0.25, 0.3) is 11.5 Å². The third-order valence-electron chi connectivity index (χ3n) is 3.32. The molecule has 4 nitrogen and oxygen atoms in total. The third-order valence-corrected chi connectivity index (χ3v) is 4.10. The van der Waals surface area contributed by atoms with E-state index in [2.05, 4.69) is 50.2 Å². The molecule has 0 fully saturated rings. The van der Waals surface area contributed by atoms with Crippen molar-refractivity contribution in [1.82, 2.24) is 19.7 Å². The SMILES string of the molecule is CC(c1cccc(Br)c1)n1c(-c2ccccn2)n[nH]c1=S. The zero-order chi connectivity index (χ0) is 14.8. The molecule has 0 bridgehead atoms. The molecule has 1 aromatic carbocycles. The summed E-state index contributed by atoms with van der Waals surface area (Å²) >= 11 is 8.89. The number of rotatable bonds is 3. The second-order valence-electron chi connectivity index (χ2n) is 4.67. The molecule has 1 atom stereocenters. The van der Waals surface area contributed by atoms with E-state index in [0.717, 1.165) is 21.6 Å². The zero-order valence-electron chi connectivity index (χ0n) is 11.3. The Balaban J connectivity index is 2.11. The smallest absolute Gasteiger partial charge is 0.196 e. The molecule has 0 saturated carbocycles. The van der Waals surface area contributed by atoms with E-state index in [-0.39, 0.29) is 6.04 Å². The highest BCUT2D eigenvalue weighted by Crippen LogP contribution is 2.26. The van der Waals surface area contributed by atoms with Crippen LogP contribution in [0.4, 0.5) is 0 Å². The molecular formula is C15H13BrN4S. The third kappa shape index (κ3) is 2.82. The first-order chi connectivity index (χ1) is 10.2. The average molecular weight is 361 g/mol. The number of aromatic nitrogens is 4. The predicted octanol–water partition coefficient (Wildman–Crippen LogP) is 4.37. The van der Waals surface area contributed by atoms with Crippen molar-refractivity contribution in [2.24, 2.45) is 0 Å². The fourth-order valence-electron chi connectivity index (χ4n) is 2.26. The Hall–Kier alpha value is -1.79. The molecule has 0 aliphatic heterocycles. The maximum Gasteiger partial charge on any atom is 0.196 e. The zero-order valence-corrected chi connectivity index (χ0v) is 13.7. The molecule has 2 aromatic heterocycles. The quantitative estimate of drug-likeness (QED) is 0.705. The van der Waals surface area contributed by atoms with Gasteiger partial charge in [-0.3, -0.25) is 14.6 Å². The second kappa shape index (κ2) is 5.91. The summed E-state index contributed by atoms with van der Waals surface area (Å²) in [6.45, 7) is 2.10. The normalized spacial score (nSPS) is 12.3. The fourth-order valence-corrected chi connectivity index (χ4v) is 2.96. The first kappa shape index (κ1) is 14.2. The van der Waals surface area contributed by atoms with E-state index in [4.69, 9.17) is 12.2 Å². The Morgan fingerprint density at radius 1 is 1.24 bits per heavy atom. The van der Waals surface area contributed by atoms with Gasteiger partial charge in [0.1, 0.15) is 5.69 Å². The number of H-pyrrole nitrogens is 1. The topological polar surface area (TPSA) is 46.5 Å². The van der Waals surface area contributed by atoms with Crippen molar-refractivity contribution in [3.05, 3.63) is 63.5 Å². The van der Waals surface area contributed by atoms with Crippen molar-refractivity contribution >= 4 is 28.1 Å². The van der Waals surface area contributed by atoms with Crippen LogP contribution in [0.5, 0.6) is 0 Å². The summed E-state index contributed by atoms with van der Waals surface area (Å²) in [5.74, 6) is 0.744. The number of nitrogens with one attached hydrogen (secondary N) is 1. The van der Waals surface area contributed by atoms with Crippen LogP contribution in [0, 0.1) is 4.77 Å². The van der Waals surface area contributed by atoms with Crippen LogP contribution < -0.4 is 0 Å². The summed E-state index contributed by atoms with van der Waals surface area (Å²) in [6, 6.07) is 14.0. The molecule has 0 radical (unpaired) electrons. The van der Waals surface area contributed by atoms with Crippen LogP contribution in [0.2, 0.25) is 0 Å². The van der Waals surface area contributed by atoms with Gasteiger partial charge < -0.3 is 0 Å². The monoisotopic (exact) mass is 360 g/mol. The minimum absolute atomic E-state index is 0.0609. The Bertz CT molecular complexity index is 810. The highest BCUT2D eigenvalue weighted by atomic mass is 79.9. The second-order valence-corrected chi connectivity index (χ2v) is 5.97. The Labute approximate surface area is 136 Å². The maximum atomic E-state index is 5.39. The number of pyridine rings is 1. The van der Waals surface area contributed by atoms with Crippen LogP contribution in [0.3, 0.4) is 0 Å². The molecule has 3 aromatic rings. The molecule has 6 heteroatoms. The van der Waals surface area contributed by atoms with Crippen molar-refractivity contribution in [2.45, 2.75) is 13.0 Å². The molecule has 0 amide bonds. The molecule has 0 aliphatic carbocycles. The minimum Gasteiger partial charge on any atom is -0.292 e. The van der Waals surface area contributed by atoms with Gasteiger partial charge in [-0.15, -0.1) is 0 Å². The van der Waals surface area contributed by atoms with Crippen molar-refractivity contribution in [3.63, 3.8) is 0 Å². The van der Waals surface area contributed by atoms with Crippen LogP contribution in [-0.2, 0) is 0 Å².